The van der Waals surface area contributed by atoms with Crippen molar-refractivity contribution >= 4 is 5.70 Å². The van der Waals surface area contributed by atoms with E-state index < -0.39 is 17.9 Å². The van der Waals surface area contributed by atoms with Gasteiger partial charge in [-0.3, -0.25) is 0 Å². The molecule has 0 bridgehead atoms. The Bertz CT molecular complexity index is 498. The van der Waals surface area contributed by atoms with Crippen molar-refractivity contribution in [2.24, 2.45) is 5.92 Å². The van der Waals surface area contributed by atoms with Crippen LogP contribution in [0.3, 0.4) is 0 Å². The smallest absolute Gasteiger partial charge is 0.388 e. The van der Waals surface area contributed by atoms with Crippen LogP contribution in [0.1, 0.15) is 25.0 Å². The van der Waals surface area contributed by atoms with E-state index in [1.54, 1.807) is 32.2 Å². The van der Waals surface area contributed by atoms with Crippen LogP contribution in [0.25, 0.3) is 5.70 Å². The first-order valence-corrected chi connectivity index (χ1v) is 6.63. The first kappa shape index (κ1) is 17.3. The third kappa shape index (κ3) is 5.25. The van der Waals surface area contributed by atoms with Crippen molar-refractivity contribution < 1.29 is 17.6 Å². The molecule has 0 aliphatic heterocycles. The number of hydrogen-bond acceptors (Lipinski definition) is 1. The maximum Gasteiger partial charge on any atom is 0.416 e. The van der Waals surface area contributed by atoms with Gasteiger partial charge in [-0.15, -0.1) is 0 Å². The number of allylic oxidation sites excluding steroid dienone is 3. The molecular weight excluding hydrogens is 282 g/mol. The van der Waals surface area contributed by atoms with E-state index in [-0.39, 0.29) is 5.92 Å². The lowest BCUT2D eigenvalue weighted by Gasteiger charge is -2.10. The van der Waals surface area contributed by atoms with E-state index in [2.05, 4.69) is 5.32 Å². The van der Waals surface area contributed by atoms with Gasteiger partial charge >= 0.3 is 6.18 Å². The highest BCUT2D eigenvalue weighted by molar-refractivity contribution is 5.65. The number of nitrogens with one attached hydrogen (secondary N) is 1. The average Bonchev–Trinajstić information content (AvgIpc) is 2.42. The van der Waals surface area contributed by atoms with Gasteiger partial charge in [0.2, 0.25) is 0 Å². The van der Waals surface area contributed by atoms with Gasteiger partial charge in [-0.25, -0.2) is 4.39 Å². The normalized spacial score (nSPS) is 16.0. The Morgan fingerprint density at radius 2 is 1.71 bits per heavy atom. The topological polar surface area (TPSA) is 12.0 Å². The Morgan fingerprint density at radius 1 is 1.14 bits per heavy atom. The highest BCUT2D eigenvalue weighted by Crippen LogP contribution is 2.29. The molecule has 116 valence electrons. The number of hydrogen-bond donors (Lipinski definition) is 1. The average molecular weight is 301 g/mol. The van der Waals surface area contributed by atoms with Crippen LogP contribution in [-0.4, -0.2) is 13.2 Å². The lowest BCUT2D eigenvalue weighted by atomic mass is 10.1. The van der Waals surface area contributed by atoms with Crippen molar-refractivity contribution in [3.8, 4) is 0 Å². The molecule has 1 aromatic rings. The molecule has 1 aromatic carbocycles. The van der Waals surface area contributed by atoms with Gasteiger partial charge in [0.05, 0.1) is 5.56 Å². The summed E-state index contributed by atoms with van der Waals surface area (Å²) in [5, 5.41) is 2.91. The molecule has 2 unspecified atom stereocenters. The van der Waals surface area contributed by atoms with Crippen LogP contribution in [-0.2, 0) is 6.18 Å². The Hall–Kier alpha value is -1.78. The minimum Gasteiger partial charge on any atom is -0.388 e. The minimum absolute atomic E-state index is 0.216. The molecule has 0 aliphatic carbocycles. The predicted molar refractivity (Wildman–Crippen MR) is 77.4 cm³/mol. The summed E-state index contributed by atoms with van der Waals surface area (Å²) in [5.41, 5.74) is 0.618. The van der Waals surface area contributed by atoms with Crippen molar-refractivity contribution in [2.45, 2.75) is 26.2 Å². The number of rotatable bonds is 5. The van der Waals surface area contributed by atoms with Gasteiger partial charge < -0.3 is 5.32 Å². The van der Waals surface area contributed by atoms with Crippen LogP contribution >= 0.6 is 0 Å². The largest absolute Gasteiger partial charge is 0.416 e. The fraction of sp³-hybridized carbons (Fsp3) is 0.375. The molecule has 1 rings (SSSR count). The van der Waals surface area contributed by atoms with Crippen LogP contribution < -0.4 is 5.32 Å². The van der Waals surface area contributed by atoms with E-state index in [0.717, 1.165) is 12.1 Å². The number of halogens is 4. The van der Waals surface area contributed by atoms with Crippen molar-refractivity contribution in [3.05, 3.63) is 53.6 Å². The third-order valence-corrected chi connectivity index (χ3v) is 3.19. The number of benzene rings is 1. The second-order valence-corrected chi connectivity index (χ2v) is 4.83. The summed E-state index contributed by atoms with van der Waals surface area (Å²) in [6.45, 7) is 3.24. The Kier molecular flexibility index (Phi) is 6.00. The fourth-order valence-electron chi connectivity index (χ4n) is 1.64. The van der Waals surface area contributed by atoms with Gasteiger partial charge in [0.15, 0.2) is 0 Å². The lowest BCUT2D eigenvalue weighted by molar-refractivity contribution is -0.137. The van der Waals surface area contributed by atoms with Gasteiger partial charge in [-0.2, -0.15) is 13.2 Å². The zero-order valence-electron chi connectivity index (χ0n) is 12.2. The standard InChI is InChI=1S/C16H19F4N/c1-11(12(2)17)5-4-6-15(21-3)13-7-9-14(10-8-13)16(18,19)20/h4-12,21H,1-3H3/b5-4-,15-6-. The van der Waals surface area contributed by atoms with Crippen LogP contribution in [0, 0.1) is 5.92 Å². The maximum atomic E-state index is 13.0. The molecule has 1 nitrogen and oxygen atoms in total. The zero-order valence-corrected chi connectivity index (χ0v) is 12.2. The van der Waals surface area contributed by atoms with E-state index in [4.69, 9.17) is 0 Å². The molecule has 5 heteroatoms. The van der Waals surface area contributed by atoms with E-state index in [1.165, 1.54) is 19.1 Å². The minimum atomic E-state index is -4.34. The Morgan fingerprint density at radius 3 is 2.14 bits per heavy atom. The fourth-order valence-corrected chi connectivity index (χ4v) is 1.64. The lowest BCUT2D eigenvalue weighted by Crippen LogP contribution is -2.07. The molecule has 21 heavy (non-hydrogen) atoms. The Labute approximate surface area is 122 Å². The van der Waals surface area contributed by atoms with Crippen molar-refractivity contribution in [1.82, 2.24) is 5.32 Å². The molecule has 0 aliphatic rings. The molecule has 0 saturated carbocycles. The predicted octanol–water partition coefficient (Wildman–Crippen LogP) is 4.82. The highest BCUT2D eigenvalue weighted by atomic mass is 19.4. The van der Waals surface area contributed by atoms with Crippen LogP contribution in [0.5, 0.6) is 0 Å². The summed E-state index contributed by atoms with van der Waals surface area (Å²) in [4.78, 5) is 0. The van der Waals surface area contributed by atoms with Crippen molar-refractivity contribution in [1.29, 1.82) is 0 Å². The summed E-state index contributed by atoms with van der Waals surface area (Å²) in [6.07, 6.45) is -0.161. The van der Waals surface area contributed by atoms with Crippen molar-refractivity contribution in [2.75, 3.05) is 7.05 Å². The van der Waals surface area contributed by atoms with E-state index in [1.807, 2.05) is 0 Å². The van der Waals surface area contributed by atoms with Gasteiger partial charge in [-0.1, -0.05) is 31.2 Å². The molecule has 1 N–H and O–H groups in total. The van der Waals surface area contributed by atoms with Gasteiger partial charge in [0.25, 0.3) is 0 Å². The number of alkyl halides is 4. The first-order chi connectivity index (χ1) is 9.75. The molecule has 0 saturated heterocycles. The Balaban J connectivity index is 2.90. The molecule has 0 radical (unpaired) electrons. The summed E-state index contributed by atoms with van der Waals surface area (Å²) >= 11 is 0. The summed E-state index contributed by atoms with van der Waals surface area (Å²) in [6, 6.07) is 4.88. The van der Waals surface area contributed by atoms with Crippen LogP contribution in [0.15, 0.2) is 42.5 Å². The van der Waals surface area contributed by atoms with E-state index in [9.17, 15) is 17.6 Å². The van der Waals surface area contributed by atoms with Gasteiger partial charge in [0, 0.05) is 18.7 Å². The quantitative estimate of drug-likeness (QED) is 0.607. The summed E-state index contributed by atoms with van der Waals surface area (Å²) in [5.74, 6) is -0.216. The monoisotopic (exact) mass is 301 g/mol. The summed E-state index contributed by atoms with van der Waals surface area (Å²) in [7, 11) is 1.68. The second-order valence-electron chi connectivity index (χ2n) is 4.83. The molecule has 0 amide bonds. The highest BCUT2D eigenvalue weighted by Gasteiger charge is 2.29. The SMILES string of the molecule is CN/C(=C\C=C/C(C)C(C)F)c1ccc(C(F)(F)F)cc1. The molecule has 0 heterocycles. The van der Waals surface area contributed by atoms with Gasteiger partial charge in [0.1, 0.15) is 6.17 Å². The molecular formula is C16H19F4N. The second kappa shape index (κ2) is 7.29. The van der Waals surface area contributed by atoms with Crippen LogP contribution in [0.4, 0.5) is 17.6 Å². The van der Waals surface area contributed by atoms with E-state index in [0.29, 0.717) is 11.3 Å². The first-order valence-electron chi connectivity index (χ1n) is 6.63. The van der Waals surface area contributed by atoms with Crippen LogP contribution in [0.2, 0.25) is 0 Å². The third-order valence-electron chi connectivity index (χ3n) is 3.19. The van der Waals surface area contributed by atoms with E-state index >= 15 is 0 Å². The molecule has 0 fully saturated rings. The van der Waals surface area contributed by atoms with Gasteiger partial charge in [-0.05, 0) is 30.7 Å². The summed E-state index contributed by atoms with van der Waals surface area (Å²) < 4.78 is 50.5. The zero-order chi connectivity index (χ0) is 16.0. The maximum absolute atomic E-state index is 13.0. The molecule has 0 spiro atoms. The molecule has 0 aromatic heterocycles. The molecule has 2 atom stereocenters. The van der Waals surface area contributed by atoms with Crippen molar-refractivity contribution in [3.63, 3.8) is 0 Å².